The maximum Gasteiger partial charge on any atom is 0.347 e. The van der Waals surface area contributed by atoms with E-state index < -0.39 is 5.97 Å². The monoisotopic (exact) mass is 290 g/mol. The minimum absolute atomic E-state index is 0.317. The molecule has 2 N–H and O–H groups in total. The molecule has 0 spiro atoms. The van der Waals surface area contributed by atoms with Gasteiger partial charge in [0.2, 0.25) is 0 Å². The number of carboxylic acid groups (broad SMARTS) is 1. The van der Waals surface area contributed by atoms with Crippen LogP contribution in [0.1, 0.15) is 47.6 Å². The topological polar surface area (TPSA) is 62.2 Å². The maximum absolute atomic E-state index is 11.2. The van der Waals surface area contributed by atoms with E-state index in [0.29, 0.717) is 28.0 Å². The summed E-state index contributed by atoms with van der Waals surface area (Å²) in [6.45, 7) is 6.17. The first-order valence-corrected chi connectivity index (χ1v) is 7.43. The van der Waals surface area contributed by atoms with Crippen molar-refractivity contribution in [3.63, 3.8) is 0 Å². The van der Waals surface area contributed by atoms with Crippen LogP contribution >= 0.6 is 11.3 Å². The number of nitrogens with one attached hydrogen (secondary N) is 1. The molecule has 2 aromatic rings. The van der Waals surface area contributed by atoms with Gasteiger partial charge in [-0.05, 0) is 24.0 Å². The van der Waals surface area contributed by atoms with Crippen LogP contribution < -0.4 is 5.32 Å². The van der Waals surface area contributed by atoms with Crippen LogP contribution in [0.4, 0.5) is 10.8 Å². The first-order valence-electron chi connectivity index (χ1n) is 6.61. The quantitative estimate of drug-likeness (QED) is 0.863. The Labute approximate surface area is 122 Å². The fraction of sp³-hybridized carbons (Fsp3) is 0.333. The standard InChI is InChI=1S/C15H18N2O2S/c1-4-11-13(14(18)19)20-15(16-11)17-12-8-6-5-7-10(12)9(2)3/h5-9H,4H2,1-3H3,(H,16,17)(H,18,19). The fourth-order valence-electron chi connectivity index (χ4n) is 2.04. The van der Waals surface area contributed by atoms with Crippen LogP contribution in [0.3, 0.4) is 0 Å². The summed E-state index contributed by atoms with van der Waals surface area (Å²) in [7, 11) is 0. The molecule has 0 aliphatic carbocycles. The molecule has 0 amide bonds. The fourth-order valence-corrected chi connectivity index (χ4v) is 2.95. The van der Waals surface area contributed by atoms with Gasteiger partial charge in [0.25, 0.3) is 0 Å². The van der Waals surface area contributed by atoms with Gasteiger partial charge in [0.05, 0.1) is 5.69 Å². The molecular formula is C15H18N2O2S. The minimum atomic E-state index is -0.912. The number of aromatic nitrogens is 1. The van der Waals surface area contributed by atoms with Crippen LogP contribution in [0.5, 0.6) is 0 Å². The molecule has 20 heavy (non-hydrogen) atoms. The van der Waals surface area contributed by atoms with E-state index in [2.05, 4.69) is 30.2 Å². The Balaban J connectivity index is 2.33. The van der Waals surface area contributed by atoms with Gasteiger partial charge in [-0.2, -0.15) is 0 Å². The van der Waals surface area contributed by atoms with E-state index in [4.69, 9.17) is 5.11 Å². The predicted octanol–water partition coefficient (Wildman–Crippen LogP) is 4.27. The molecule has 0 unspecified atom stereocenters. The normalized spacial score (nSPS) is 10.8. The van der Waals surface area contributed by atoms with E-state index in [9.17, 15) is 4.79 Å². The van der Waals surface area contributed by atoms with Crippen LogP contribution in [0.2, 0.25) is 0 Å². The number of para-hydroxylation sites is 1. The zero-order valence-electron chi connectivity index (χ0n) is 11.8. The summed E-state index contributed by atoms with van der Waals surface area (Å²) in [5.41, 5.74) is 2.81. The van der Waals surface area contributed by atoms with E-state index in [1.807, 2.05) is 25.1 Å². The number of nitrogens with zero attached hydrogens (tertiary/aromatic N) is 1. The number of anilines is 2. The lowest BCUT2D eigenvalue weighted by atomic mass is 10.0. The van der Waals surface area contributed by atoms with Crippen molar-refractivity contribution in [3.8, 4) is 0 Å². The van der Waals surface area contributed by atoms with Crippen LogP contribution in [-0.4, -0.2) is 16.1 Å². The third-order valence-electron chi connectivity index (χ3n) is 3.05. The highest BCUT2D eigenvalue weighted by molar-refractivity contribution is 7.17. The second-order valence-corrected chi connectivity index (χ2v) is 5.82. The molecule has 0 radical (unpaired) electrons. The summed E-state index contributed by atoms with van der Waals surface area (Å²) in [6.07, 6.45) is 0.617. The lowest BCUT2D eigenvalue weighted by Gasteiger charge is -2.12. The largest absolute Gasteiger partial charge is 0.477 e. The summed E-state index contributed by atoms with van der Waals surface area (Å²) < 4.78 is 0. The van der Waals surface area contributed by atoms with Crippen molar-refractivity contribution in [3.05, 3.63) is 40.4 Å². The van der Waals surface area contributed by atoms with Crippen molar-refractivity contribution in [1.82, 2.24) is 4.98 Å². The van der Waals surface area contributed by atoms with Crippen LogP contribution in [0.15, 0.2) is 24.3 Å². The summed E-state index contributed by atoms with van der Waals surface area (Å²) in [5.74, 6) is -0.521. The smallest absolute Gasteiger partial charge is 0.347 e. The van der Waals surface area contributed by atoms with E-state index in [1.165, 1.54) is 16.9 Å². The average molecular weight is 290 g/mol. The van der Waals surface area contributed by atoms with Gasteiger partial charge in [0.1, 0.15) is 4.88 Å². The van der Waals surface area contributed by atoms with Gasteiger partial charge in [-0.3, -0.25) is 0 Å². The number of carbonyl (C=O) groups is 1. The Morgan fingerprint density at radius 1 is 1.40 bits per heavy atom. The first-order chi connectivity index (χ1) is 9.52. The molecule has 1 aromatic heterocycles. The number of benzene rings is 1. The number of aromatic carboxylic acids is 1. The Morgan fingerprint density at radius 3 is 2.65 bits per heavy atom. The lowest BCUT2D eigenvalue weighted by Crippen LogP contribution is -1.98. The van der Waals surface area contributed by atoms with Crippen LogP contribution in [0.25, 0.3) is 0 Å². The molecule has 1 heterocycles. The number of carboxylic acids is 1. The Bertz CT molecular complexity index is 620. The molecule has 0 bridgehead atoms. The van der Waals surface area contributed by atoms with Crippen LogP contribution in [0, 0.1) is 0 Å². The molecular weight excluding hydrogens is 272 g/mol. The molecule has 4 nitrogen and oxygen atoms in total. The van der Waals surface area contributed by atoms with Gasteiger partial charge in [-0.25, -0.2) is 9.78 Å². The highest BCUT2D eigenvalue weighted by atomic mass is 32.1. The van der Waals surface area contributed by atoms with E-state index in [1.54, 1.807) is 0 Å². The van der Waals surface area contributed by atoms with Gasteiger partial charge < -0.3 is 10.4 Å². The Hall–Kier alpha value is -1.88. The van der Waals surface area contributed by atoms with Crippen molar-refractivity contribution < 1.29 is 9.90 Å². The number of hydrogen-bond acceptors (Lipinski definition) is 4. The third-order valence-corrected chi connectivity index (χ3v) is 4.05. The second kappa shape index (κ2) is 6.05. The molecule has 106 valence electrons. The molecule has 2 rings (SSSR count). The van der Waals surface area contributed by atoms with Gasteiger partial charge in [0.15, 0.2) is 5.13 Å². The number of rotatable bonds is 5. The van der Waals surface area contributed by atoms with Crippen molar-refractivity contribution in [2.75, 3.05) is 5.32 Å². The lowest BCUT2D eigenvalue weighted by molar-refractivity contribution is 0.0701. The molecule has 0 atom stereocenters. The van der Waals surface area contributed by atoms with Gasteiger partial charge in [0, 0.05) is 5.69 Å². The Kier molecular flexibility index (Phi) is 4.39. The zero-order chi connectivity index (χ0) is 14.7. The third kappa shape index (κ3) is 2.99. The molecule has 0 fully saturated rings. The summed E-state index contributed by atoms with van der Waals surface area (Å²) >= 11 is 1.19. The maximum atomic E-state index is 11.2. The molecule has 0 saturated heterocycles. The van der Waals surface area contributed by atoms with E-state index in [0.717, 1.165) is 5.69 Å². The van der Waals surface area contributed by atoms with Crippen LogP contribution in [-0.2, 0) is 6.42 Å². The predicted molar refractivity (Wildman–Crippen MR) is 82.3 cm³/mol. The highest BCUT2D eigenvalue weighted by Crippen LogP contribution is 2.30. The molecule has 0 saturated carbocycles. The van der Waals surface area contributed by atoms with Gasteiger partial charge >= 0.3 is 5.97 Å². The van der Waals surface area contributed by atoms with E-state index in [-0.39, 0.29) is 0 Å². The number of aryl methyl sites for hydroxylation is 1. The zero-order valence-corrected chi connectivity index (χ0v) is 12.6. The highest BCUT2D eigenvalue weighted by Gasteiger charge is 2.16. The van der Waals surface area contributed by atoms with Crippen molar-refractivity contribution in [1.29, 1.82) is 0 Å². The minimum Gasteiger partial charge on any atom is -0.477 e. The van der Waals surface area contributed by atoms with E-state index >= 15 is 0 Å². The molecule has 0 aliphatic heterocycles. The summed E-state index contributed by atoms with van der Waals surface area (Å²) in [4.78, 5) is 15.9. The Morgan fingerprint density at radius 2 is 2.10 bits per heavy atom. The van der Waals surface area contributed by atoms with Crippen molar-refractivity contribution in [2.45, 2.75) is 33.1 Å². The average Bonchev–Trinajstić information content (AvgIpc) is 2.82. The summed E-state index contributed by atoms with van der Waals surface area (Å²) in [5, 5.41) is 13.0. The van der Waals surface area contributed by atoms with Crippen molar-refractivity contribution in [2.24, 2.45) is 0 Å². The molecule has 0 aliphatic rings. The first kappa shape index (κ1) is 14.5. The number of thiazole rings is 1. The van der Waals surface area contributed by atoms with Gasteiger partial charge in [-0.1, -0.05) is 50.3 Å². The van der Waals surface area contributed by atoms with Crippen molar-refractivity contribution >= 4 is 28.1 Å². The molecule has 5 heteroatoms. The summed E-state index contributed by atoms with van der Waals surface area (Å²) in [6, 6.07) is 8.02. The SMILES string of the molecule is CCc1nc(Nc2ccccc2C(C)C)sc1C(=O)O. The number of hydrogen-bond donors (Lipinski definition) is 2. The molecule has 1 aromatic carbocycles. The second-order valence-electron chi connectivity index (χ2n) is 4.82. The van der Waals surface area contributed by atoms with Gasteiger partial charge in [-0.15, -0.1) is 0 Å².